The molecule has 130 valence electrons. The van der Waals surface area contributed by atoms with Crippen LogP contribution in [0.2, 0.25) is 0 Å². The molecule has 5 nitrogen and oxygen atoms in total. The predicted molar refractivity (Wildman–Crippen MR) is 96.8 cm³/mol. The molecule has 1 aliphatic carbocycles. The first-order valence-corrected chi connectivity index (χ1v) is 9.03. The van der Waals surface area contributed by atoms with Gasteiger partial charge in [-0.25, -0.2) is 0 Å². The summed E-state index contributed by atoms with van der Waals surface area (Å²) in [5.41, 5.74) is 5.21. The van der Waals surface area contributed by atoms with Crippen LogP contribution in [0.15, 0.2) is 17.7 Å². The molecule has 0 amide bonds. The highest BCUT2D eigenvalue weighted by Gasteiger charge is 2.32. The molecular weight excluding hydrogens is 302 g/mol. The number of hydrogen-bond donors (Lipinski definition) is 3. The molecule has 0 aromatic heterocycles. The van der Waals surface area contributed by atoms with Crippen LogP contribution in [0, 0.1) is 0 Å². The normalized spacial score (nSPS) is 25.6. The van der Waals surface area contributed by atoms with Crippen molar-refractivity contribution in [1.29, 1.82) is 0 Å². The molecule has 4 rings (SSSR count). The van der Waals surface area contributed by atoms with Gasteiger partial charge in [-0.1, -0.05) is 0 Å². The van der Waals surface area contributed by atoms with Crippen molar-refractivity contribution in [2.24, 2.45) is 0 Å². The summed E-state index contributed by atoms with van der Waals surface area (Å²) in [6.07, 6.45) is 6.10. The van der Waals surface area contributed by atoms with Crippen LogP contribution in [0.4, 0.5) is 5.69 Å². The minimum absolute atomic E-state index is 0.453. The Morgan fingerprint density at radius 2 is 1.92 bits per heavy atom. The van der Waals surface area contributed by atoms with Crippen LogP contribution < -0.4 is 25.4 Å². The fraction of sp³-hybridized carbons (Fsp3) is 0.579. The Hall–Kier alpha value is -1.88. The van der Waals surface area contributed by atoms with Gasteiger partial charge in [-0.3, -0.25) is 0 Å². The number of piperidine rings is 1. The number of hydrogen-bond acceptors (Lipinski definition) is 5. The number of benzene rings is 1. The van der Waals surface area contributed by atoms with Gasteiger partial charge in [0.1, 0.15) is 0 Å². The lowest BCUT2D eigenvalue weighted by Crippen LogP contribution is -2.43. The van der Waals surface area contributed by atoms with E-state index in [2.05, 4.69) is 28.1 Å². The van der Waals surface area contributed by atoms with Gasteiger partial charge in [-0.05, 0) is 50.3 Å². The molecule has 5 heteroatoms. The minimum atomic E-state index is 0.453. The maximum Gasteiger partial charge on any atom is 0.162 e. The van der Waals surface area contributed by atoms with E-state index in [0.717, 1.165) is 30.3 Å². The summed E-state index contributed by atoms with van der Waals surface area (Å²) >= 11 is 0. The molecule has 1 saturated carbocycles. The molecule has 3 aliphatic rings. The van der Waals surface area contributed by atoms with Gasteiger partial charge in [-0.15, -0.1) is 0 Å². The van der Waals surface area contributed by atoms with Crippen molar-refractivity contribution >= 4 is 11.4 Å². The number of methoxy groups -OCH3 is 2. The Kier molecular flexibility index (Phi) is 4.27. The van der Waals surface area contributed by atoms with Crippen molar-refractivity contribution in [2.75, 3.05) is 32.6 Å². The average Bonchev–Trinajstić information content (AvgIpc) is 3.09. The van der Waals surface area contributed by atoms with E-state index >= 15 is 0 Å². The molecule has 2 unspecified atom stereocenters. The van der Waals surface area contributed by atoms with Gasteiger partial charge in [0.25, 0.3) is 0 Å². The molecule has 24 heavy (non-hydrogen) atoms. The second-order valence-electron chi connectivity index (χ2n) is 6.93. The largest absolute Gasteiger partial charge is 0.493 e. The second-order valence-corrected chi connectivity index (χ2v) is 6.93. The zero-order valence-electron chi connectivity index (χ0n) is 14.6. The number of nitrogens with one attached hydrogen (secondary N) is 3. The summed E-state index contributed by atoms with van der Waals surface area (Å²) in [6, 6.07) is 5.14. The van der Waals surface area contributed by atoms with Crippen LogP contribution in [-0.4, -0.2) is 39.4 Å². The zero-order chi connectivity index (χ0) is 16.5. The third-order valence-corrected chi connectivity index (χ3v) is 5.45. The summed E-state index contributed by atoms with van der Waals surface area (Å²) in [7, 11) is 3.39. The lowest BCUT2D eigenvalue weighted by Gasteiger charge is -2.33. The van der Waals surface area contributed by atoms with Crippen molar-refractivity contribution in [3.8, 4) is 11.5 Å². The highest BCUT2D eigenvalue weighted by atomic mass is 16.5. The average molecular weight is 329 g/mol. The van der Waals surface area contributed by atoms with E-state index in [1.807, 2.05) is 0 Å². The van der Waals surface area contributed by atoms with Gasteiger partial charge < -0.3 is 25.4 Å². The van der Waals surface area contributed by atoms with Crippen LogP contribution >= 0.6 is 0 Å². The SMILES string of the molecule is COc1cc2c(cc1OC)C(NC1CCCNC1)=C1CCCC1N2. The molecule has 3 N–H and O–H groups in total. The van der Waals surface area contributed by atoms with E-state index in [1.165, 1.54) is 48.9 Å². The summed E-state index contributed by atoms with van der Waals surface area (Å²) in [4.78, 5) is 0. The summed E-state index contributed by atoms with van der Waals surface area (Å²) in [5.74, 6) is 1.57. The molecule has 1 aromatic rings. The Morgan fingerprint density at radius 3 is 2.67 bits per heavy atom. The first kappa shape index (κ1) is 15.6. The van der Waals surface area contributed by atoms with Gasteiger partial charge in [0.05, 0.1) is 14.2 Å². The lowest BCUT2D eigenvalue weighted by molar-refractivity contribution is 0.355. The fourth-order valence-corrected chi connectivity index (χ4v) is 4.22. The van der Waals surface area contributed by atoms with E-state index in [1.54, 1.807) is 14.2 Å². The Labute approximate surface area is 143 Å². The molecule has 2 aliphatic heterocycles. The van der Waals surface area contributed by atoms with Gasteiger partial charge in [-0.2, -0.15) is 0 Å². The van der Waals surface area contributed by atoms with Gasteiger partial charge in [0.15, 0.2) is 11.5 Å². The highest BCUT2D eigenvalue weighted by Crippen LogP contribution is 2.44. The van der Waals surface area contributed by atoms with Crippen molar-refractivity contribution in [1.82, 2.24) is 10.6 Å². The summed E-state index contributed by atoms with van der Waals surface area (Å²) in [6.45, 7) is 2.17. The van der Waals surface area contributed by atoms with E-state index in [-0.39, 0.29) is 0 Å². The number of ether oxygens (including phenoxy) is 2. The van der Waals surface area contributed by atoms with Crippen molar-refractivity contribution < 1.29 is 9.47 Å². The van der Waals surface area contributed by atoms with Crippen LogP contribution in [0.25, 0.3) is 5.70 Å². The minimum Gasteiger partial charge on any atom is -0.493 e. The summed E-state index contributed by atoms with van der Waals surface area (Å²) in [5, 5.41) is 11.1. The Bertz CT molecular complexity index is 650. The van der Waals surface area contributed by atoms with E-state index < -0.39 is 0 Å². The molecule has 2 fully saturated rings. The smallest absolute Gasteiger partial charge is 0.162 e. The molecule has 1 saturated heterocycles. The van der Waals surface area contributed by atoms with Crippen LogP contribution in [0.5, 0.6) is 11.5 Å². The maximum atomic E-state index is 5.54. The van der Waals surface area contributed by atoms with E-state index in [0.29, 0.717) is 12.1 Å². The standard InChI is InChI=1S/C19H27N3O2/c1-23-17-9-14-16(10-18(17)24-2)22-15-7-3-6-13(15)19(14)21-12-5-4-8-20-11-12/h9-10,12,15,20-22H,3-8,11H2,1-2H3. The molecule has 2 heterocycles. The fourth-order valence-electron chi connectivity index (χ4n) is 4.22. The van der Waals surface area contributed by atoms with Crippen molar-refractivity contribution in [3.63, 3.8) is 0 Å². The molecule has 1 aromatic carbocycles. The van der Waals surface area contributed by atoms with Crippen LogP contribution in [0.1, 0.15) is 37.7 Å². The zero-order valence-corrected chi connectivity index (χ0v) is 14.6. The van der Waals surface area contributed by atoms with Gasteiger partial charge in [0.2, 0.25) is 0 Å². The summed E-state index contributed by atoms with van der Waals surface area (Å²) < 4.78 is 11.0. The molecule has 0 bridgehead atoms. The lowest BCUT2D eigenvalue weighted by atomic mass is 9.94. The first-order valence-electron chi connectivity index (χ1n) is 9.03. The van der Waals surface area contributed by atoms with E-state index in [4.69, 9.17) is 9.47 Å². The predicted octanol–water partition coefficient (Wildman–Crippen LogP) is 2.73. The van der Waals surface area contributed by atoms with Crippen LogP contribution in [0.3, 0.4) is 0 Å². The highest BCUT2D eigenvalue weighted by molar-refractivity contribution is 5.84. The third kappa shape index (κ3) is 2.71. The Morgan fingerprint density at radius 1 is 1.08 bits per heavy atom. The number of rotatable bonds is 4. The number of fused-ring (bicyclic) bond motifs is 2. The molecule has 0 spiro atoms. The maximum absolute atomic E-state index is 5.54. The molecular formula is C19H27N3O2. The monoisotopic (exact) mass is 329 g/mol. The van der Waals surface area contributed by atoms with Crippen molar-refractivity contribution in [3.05, 3.63) is 23.3 Å². The first-order chi connectivity index (χ1) is 11.8. The topological polar surface area (TPSA) is 54.6 Å². The van der Waals surface area contributed by atoms with Gasteiger partial charge in [0, 0.05) is 41.6 Å². The quantitative estimate of drug-likeness (QED) is 0.793. The second kappa shape index (κ2) is 6.55. The van der Waals surface area contributed by atoms with E-state index in [9.17, 15) is 0 Å². The third-order valence-electron chi connectivity index (χ3n) is 5.45. The van der Waals surface area contributed by atoms with Crippen LogP contribution in [-0.2, 0) is 0 Å². The van der Waals surface area contributed by atoms with Gasteiger partial charge >= 0.3 is 0 Å². The Balaban J connectivity index is 1.74. The number of anilines is 1. The van der Waals surface area contributed by atoms with Crippen molar-refractivity contribution in [2.45, 2.75) is 44.2 Å². The molecule has 0 radical (unpaired) electrons. The molecule has 2 atom stereocenters.